The first-order valence-corrected chi connectivity index (χ1v) is 6.93. The molecule has 0 saturated heterocycles. The normalized spacial score (nSPS) is 9.00. The van der Waals surface area contributed by atoms with E-state index in [4.69, 9.17) is 22.2 Å². The third-order valence-electron chi connectivity index (χ3n) is 0. The van der Waals surface area contributed by atoms with Crippen LogP contribution in [0.1, 0.15) is 0 Å². The Morgan fingerprint density at radius 3 is 1.50 bits per heavy atom. The summed E-state index contributed by atoms with van der Waals surface area (Å²) >= 11 is 10.3. The summed E-state index contributed by atoms with van der Waals surface area (Å²) in [7, 11) is 1.05. The molecule has 0 N–H and O–H groups in total. The van der Waals surface area contributed by atoms with E-state index in [1.807, 2.05) is 0 Å². The molecule has 1 atom stereocenters. The monoisotopic (exact) mass is 132 g/mol. The lowest BCUT2D eigenvalue weighted by Gasteiger charge is -1.68. The topological polar surface area (TPSA) is 0 Å². The largest absolute Gasteiger partial charge is 0.254 e. The highest BCUT2D eigenvalue weighted by Crippen LogP contribution is 2.01. The second-order valence-corrected chi connectivity index (χ2v) is 9.03. The van der Waals surface area contributed by atoms with Crippen molar-refractivity contribution in [2.45, 2.75) is 0 Å². The van der Waals surface area contributed by atoms with Gasteiger partial charge >= 0.3 is 0 Å². The molecule has 0 aromatic rings. The Hall–Kier alpha value is 1.23. The molecule has 0 amide bonds. The van der Waals surface area contributed by atoms with Crippen LogP contribution in [0.15, 0.2) is 0 Å². The van der Waals surface area contributed by atoms with Gasteiger partial charge in [0.15, 0.2) is 0 Å². The van der Waals surface area contributed by atoms with Gasteiger partial charge < -0.3 is 0 Å². The zero-order chi connectivity index (χ0) is 3.58. The summed E-state index contributed by atoms with van der Waals surface area (Å²) in [6, 6.07) is 0. The highest BCUT2D eigenvalue weighted by atomic mass is 35.7. The van der Waals surface area contributed by atoms with Crippen LogP contribution in [0.3, 0.4) is 0 Å². The Bertz CT molecular complexity index is 10.8. The highest BCUT2D eigenvalue weighted by molar-refractivity contribution is 7.84. The fraction of sp³-hybridized carbons (Fsp3) is 0. The average Bonchev–Trinajstić information content (AvgIpc) is 0.811. The molecule has 0 nitrogen and oxygen atoms in total. The maximum absolute atomic E-state index is 5.14. The third-order valence-corrected chi connectivity index (χ3v) is 0. The molecule has 0 aliphatic carbocycles. The van der Waals surface area contributed by atoms with Crippen LogP contribution < -0.4 is 0 Å². The van der Waals surface area contributed by atoms with E-state index in [-0.39, 0.29) is 0 Å². The Labute approximate surface area is 38.6 Å². The van der Waals surface area contributed by atoms with Crippen molar-refractivity contribution in [2.24, 2.45) is 0 Å². The van der Waals surface area contributed by atoms with E-state index in [0.29, 0.717) is 0 Å². The van der Waals surface area contributed by atoms with E-state index in [1.54, 1.807) is 0 Å². The van der Waals surface area contributed by atoms with Gasteiger partial charge in [-0.2, -0.15) is 0 Å². The standard InChI is InChI=1S/Cl2H3PSi/c1-4(2)3/h4H,3H2. The van der Waals surface area contributed by atoms with Gasteiger partial charge in [-0.25, -0.2) is 0 Å². The SMILES string of the molecule is P[SiH](Cl)Cl. The quantitative estimate of drug-likeness (QED) is 0.263. The smallest absolute Gasteiger partial charge is 0.145 e. The van der Waals surface area contributed by atoms with Gasteiger partial charge in [-0.05, 0) is 0 Å². The molecule has 1 unspecified atom stereocenters. The van der Waals surface area contributed by atoms with Gasteiger partial charge in [-0.15, -0.1) is 30.9 Å². The van der Waals surface area contributed by atoms with Crippen molar-refractivity contribution >= 4 is 38.0 Å². The average molecular weight is 133 g/mol. The zero-order valence-electron chi connectivity index (χ0n) is 1.91. The van der Waals surface area contributed by atoms with Crippen LogP contribution in [0, 0.1) is 0 Å². The fourth-order valence-electron chi connectivity index (χ4n) is 0. The van der Waals surface area contributed by atoms with Crippen molar-refractivity contribution in [1.82, 2.24) is 0 Å². The lowest BCUT2D eigenvalue weighted by Crippen LogP contribution is -1.64. The van der Waals surface area contributed by atoms with Crippen LogP contribution in [0.4, 0.5) is 0 Å². The molecular weight excluding hydrogens is 130 g/mol. The predicted molar refractivity (Wildman–Crippen MR) is 28.6 cm³/mol. The highest BCUT2D eigenvalue weighted by Gasteiger charge is 1.80. The Kier molecular flexibility index (Phi) is 3.22. The minimum absolute atomic E-state index is 1.28. The van der Waals surface area contributed by atoms with Crippen molar-refractivity contribution in [3.05, 3.63) is 0 Å². The Morgan fingerprint density at radius 2 is 1.50 bits per heavy atom. The van der Waals surface area contributed by atoms with Gasteiger partial charge in [-0.3, -0.25) is 0 Å². The van der Waals surface area contributed by atoms with Crippen LogP contribution in [-0.4, -0.2) is 7.08 Å². The zero-order valence-corrected chi connectivity index (χ0v) is 5.73. The maximum Gasteiger partial charge on any atom is 0.254 e. The molecule has 0 aliphatic heterocycles. The van der Waals surface area contributed by atoms with Gasteiger partial charge in [0.2, 0.25) is 0 Å². The summed E-state index contributed by atoms with van der Waals surface area (Å²) in [5, 5.41) is 0. The third kappa shape index (κ3) is 10.6. The van der Waals surface area contributed by atoms with E-state index in [1.165, 1.54) is 0 Å². The molecule has 0 saturated carbocycles. The van der Waals surface area contributed by atoms with Gasteiger partial charge in [0.25, 0.3) is 7.08 Å². The van der Waals surface area contributed by atoms with Crippen LogP contribution in [0.25, 0.3) is 0 Å². The molecule has 0 aromatic heterocycles. The van der Waals surface area contributed by atoms with E-state index in [2.05, 4.69) is 8.79 Å². The Balaban J connectivity index is 2.32. The van der Waals surface area contributed by atoms with Crippen molar-refractivity contribution < 1.29 is 0 Å². The summed E-state index contributed by atoms with van der Waals surface area (Å²) in [4.78, 5) is 0. The summed E-state index contributed by atoms with van der Waals surface area (Å²) in [6.07, 6.45) is 0. The summed E-state index contributed by atoms with van der Waals surface area (Å²) in [5.41, 5.74) is 0. The van der Waals surface area contributed by atoms with Crippen molar-refractivity contribution in [1.29, 1.82) is 0 Å². The summed E-state index contributed by atoms with van der Waals surface area (Å²) < 4.78 is 0. The first kappa shape index (κ1) is 5.23. The number of hydrogen-bond acceptors (Lipinski definition) is 0. The second kappa shape index (κ2) is 2.46. The molecule has 4 heteroatoms. The predicted octanol–water partition coefficient (Wildman–Crippen LogP) is 1.06. The molecule has 26 valence electrons. The molecule has 0 heterocycles. The van der Waals surface area contributed by atoms with Gasteiger partial charge in [0.05, 0.1) is 0 Å². The Morgan fingerprint density at radius 1 is 1.50 bits per heavy atom. The first-order chi connectivity index (χ1) is 1.73. The minimum atomic E-state index is -1.28. The van der Waals surface area contributed by atoms with Crippen molar-refractivity contribution in [3.8, 4) is 0 Å². The van der Waals surface area contributed by atoms with Crippen LogP contribution in [-0.2, 0) is 0 Å². The molecule has 0 aromatic carbocycles. The van der Waals surface area contributed by atoms with E-state index < -0.39 is 7.08 Å². The van der Waals surface area contributed by atoms with Crippen LogP contribution >= 0.6 is 30.9 Å². The summed E-state index contributed by atoms with van der Waals surface area (Å²) in [6.45, 7) is 0. The number of hydrogen-bond donors (Lipinski definition) is 0. The van der Waals surface area contributed by atoms with Gasteiger partial charge in [0.1, 0.15) is 0 Å². The molecule has 4 heavy (non-hydrogen) atoms. The van der Waals surface area contributed by atoms with E-state index in [9.17, 15) is 0 Å². The van der Waals surface area contributed by atoms with Crippen LogP contribution in [0.2, 0.25) is 0 Å². The van der Waals surface area contributed by atoms with Crippen molar-refractivity contribution in [3.63, 3.8) is 0 Å². The second-order valence-electron chi connectivity index (χ2n) is 0.334. The molecule has 0 spiro atoms. The molecule has 0 fully saturated rings. The fourth-order valence-corrected chi connectivity index (χ4v) is 0. The van der Waals surface area contributed by atoms with E-state index in [0.717, 1.165) is 0 Å². The van der Waals surface area contributed by atoms with Crippen molar-refractivity contribution in [2.75, 3.05) is 0 Å². The first-order valence-electron chi connectivity index (χ1n) is 0.770. The van der Waals surface area contributed by atoms with Gasteiger partial charge in [0, 0.05) is 0 Å². The molecule has 0 rings (SSSR count). The van der Waals surface area contributed by atoms with Crippen LogP contribution in [0.5, 0.6) is 0 Å². The van der Waals surface area contributed by atoms with E-state index >= 15 is 0 Å². The minimum Gasteiger partial charge on any atom is -0.145 e. The summed E-state index contributed by atoms with van der Waals surface area (Å²) in [5.74, 6) is 0. The molecular formula is H3Cl2PSi. The van der Waals surface area contributed by atoms with Gasteiger partial charge in [-0.1, -0.05) is 0 Å². The molecule has 0 aliphatic rings. The molecule has 0 bridgehead atoms. The number of halogens is 2. The lowest BCUT2D eigenvalue weighted by molar-refractivity contribution is 4.19. The lowest BCUT2D eigenvalue weighted by atomic mass is 27.5. The number of rotatable bonds is 0. The molecule has 0 radical (unpaired) electrons. The maximum atomic E-state index is 5.14.